The summed E-state index contributed by atoms with van der Waals surface area (Å²) >= 11 is 0. The summed E-state index contributed by atoms with van der Waals surface area (Å²) in [5.74, 6) is 0.506. The molecular formula is C27H34F3N5O2. The van der Waals surface area contributed by atoms with Crippen LogP contribution in [0.2, 0.25) is 0 Å². The van der Waals surface area contributed by atoms with Crippen LogP contribution in [0.1, 0.15) is 44.6 Å². The van der Waals surface area contributed by atoms with Gasteiger partial charge in [-0.05, 0) is 56.4 Å². The fourth-order valence-corrected chi connectivity index (χ4v) is 5.58. The van der Waals surface area contributed by atoms with Crippen molar-refractivity contribution in [1.82, 2.24) is 10.3 Å². The van der Waals surface area contributed by atoms with E-state index in [0.29, 0.717) is 45.4 Å². The SMILES string of the molecule is CCC(NC1CCC(C(=O)N2Cc3cccnc3Nc3ccc(N4CCOCC4)cc32)CC1)C(F)(F)F. The molecule has 10 heteroatoms. The van der Waals surface area contributed by atoms with E-state index in [0.717, 1.165) is 41.5 Å². The number of nitrogens with one attached hydrogen (secondary N) is 2. The average molecular weight is 518 g/mol. The van der Waals surface area contributed by atoms with Gasteiger partial charge in [0.25, 0.3) is 0 Å². The second-order valence-electron chi connectivity index (χ2n) is 10.1. The van der Waals surface area contributed by atoms with Crippen LogP contribution in [0.15, 0.2) is 36.5 Å². The lowest BCUT2D eigenvalue weighted by atomic mass is 9.84. The molecule has 2 aromatic rings. The lowest BCUT2D eigenvalue weighted by molar-refractivity contribution is -0.159. The molecule has 7 nitrogen and oxygen atoms in total. The van der Waals surface area contributed by atoms with Crippen molar-refractivity contribution in [2.24, 2.45) is 5.92 Å². The number of ether oxygens (including phenoxy) is 1. The minimum absolute atomic E-state index is 0.00115. The van der Waals surface area contributed by atoms with Gasteiger partial charge in [0.2, 0.25) is 5.91 Å². The first-order valence-corrected chi connectivity index (χ1v) is 13.1. The highest BCUT2D eigenvalue weighted by atomic mass is 19.4. The number of hydrogen-bond donors (Lipinski definition) is 2. The van der Waals surface area contributed by atoms with Gasteiger partial charge in [0.15, 0.2) is 0 Å². The minimum atomic E-state index is -4.26. The molecule has 1 amide bonds. The van der Waals surface area contributed by atoms with Crippen LogP contribution in [0.4, 0.5) is 36.1 Å². The molecule has 0 spiro atoms. The van der Waals surface area contributed by atoms with E-state index < -0.39 is 12.2 Å². The summed E-state index contributed by atoms with van der Waals surface area (Å²) in [5, 5.41) is 6.19. The van der Waals surface area contributed by atoms with E-state index in [1.165, 1.54) is 0 Å². The van der Waals surface area contributed by atoms with Crippen LogP contribution in [-0.2, 0) is 16.1 Å². The number of morpholine rings is 1. The van der Waals surface area contributed by atoms with Crippen molar-refractivity contribution in [2.45, 2.75) is 63.8 Å². The van der Waals surface area contributed by atoms with Gasteiger partial charge in [-0.15, -0.1) is 0 Å². The van der Waals surface area contributed by atoms with Crippen molar-refractivity contribution in [3.8, 4) is 0 Å². The molecule has 2 N–H and O–H groups in total. The molecule has 200 valence electrons. The van der Waals surface area contributed by atoms with Crippen LogP contribution in [0.3, 0.4) is 0 Å². The Balaban J connectivity index is 1.36. The van der Waals surface area contributed by atoms with E-state index in [1.54, 1.807) is 13.1 Å². The maximum absolute atomic E-state index is 14.0. The molecule has 1 saturated carbocycles. The van der Waals surface area contributed by atoms with Crippen molar-refractivity contribution in [3.05, 3.63) is 42.1 Å². The number of hydrogen-bond acceptors (Lipinski definition) is 6. The zero-order valence-corrected chi connectivity index (χ0v) is 21.1. The van der Waals surface area contributed by atoms with Gasteiger partial charge in [0, 0.05) is 42.5 Å². The van der Waals surface area contributed by atoms with Gasteiger partial charge in [0.05, 0.1) is 31.1 Å². The van der Waals surface area contributed by atoms with E-state index in [9.17, 15) is 18.0 Å². The van der Waals surface area contributed by atoms with Crippen LogP contribution in [0, 0.1) is 5.92 Å². The van der Waals surface area contributed by atoms with E-state index in [-0.39, 0.29) is 24.3 Å². The van der Waals surface area contributed by atoms with Crippen LogP contribution in [0.5, 0.6) is 0 Å². The predicted molar refractivity (Wildman–Crippen MR) is 137 cm³/mol. The summed E-state index contributed by atoms with van der Waals surface area (Å²) in [5.41, 5.74) is 3.57. The topological polar surface area (TPSA) is 69.7 Å². The third-order valence-electron chi connectivity index (χ3n) is 7.70. The van der Waals surface area contributed by atoms with Gasteiger partial charge in [-0.2, -0.15) is 13.2 Å². The summed E-state index contributed by atoms with van der Waals surface area (Å²) in [7, 11) is 0. The first kappa shape index (κ1) is 25.8. The third kappa shape index (κ3) is 5.70. The fraction of sp³-hybridized carbons (Fsp3) is 0.556. The van der Waals surface area contributed by atoms with Gasteiger partial charge < -0.3 is 25.2 Å². The summed E-state index contributed by atoms with van der Waals surface area (Å²) in [4.78, 5) is 22.5. The second kappa shape index (κ2) is 10.9. The maximum atomic E-state index is 14.0. The molecule has 3 heterocycles. The Morgan fingerprint density at radius 3 is 2.65 bits per heavy atom. The van der Waals surface area contributed by atoms with E-state index in [1.807, 2.05) is 23.1 Å². The van der Waals surface area contributed by atoms with E-state index in [4.69, 9.17) is 4.74 Å². The Labute approximate surface area is 215 Å². The third-order valence-corrected chi connectivity index (χ3v) is 7.70. The number of pyridine rings is 1. The molecule has 1 aromatic carbocycles. The van der Waals surface area contributed by atoms with Crippen molar-refractivity contribution >= 4 is 28.8 Å². The molecule has 2 aliphatic heterocycles. The van der Waals surface area contributed by atoms with Crippen molar-refractivity contribution in [3.63, 3.8) is 0 Å². The summed E-state index contributed by atoms with van der Waals surface area (Å²) in [6, 6.07) is 8.19. The van der Waals surface area contributed by atoms with Crippen molar-refractivity contribution < 1.29 is 22.7 Å². The van der Waals surface area contributed by atoms with E-state index in [2.05, 4.69) is 32.7 Å². The zero-order valence-electron chi connectivity index (χ0n) is 21.1. The number of amides is 1. The molecule has 0 bridgehead atoms. The van der Waals surface area contributed by atoms with Crippen molar-refractivity contribution in [2.75, 3.05) is 41.4 Å². The van der Waals surface area contributed by atoms with E-state index >= 15 is 0 Å². The molecule has 1 atom stereocenters. The first-order valence-electron chi connectivity index (χ1n) is 13.1. The quantitative estimate of drug-likeness (QED) is 0.582. The first-order chi connectivity index (χ1) is 17.8. The number of carbonyl (C=O) groups excluding carboxylic acids is 1. The number of carbonyl (C=O) groups is 1. The monoisotopic (exact) mass is 517 g/mol. The number of benzene rings is 1. The second-order valence-corrected chi connectivity index (χ2v) is 10.1. The molecule has 3 aliphatic rings. The largest absolute Gasteiger partial charge is 0.403 e. The molecule has 1 aliphatic carbocycles. The molecule has 5 rings (SSSR count). The van der Waals surface area contributed by atoms with Crippen LogP contribution >= 0.6 is 0 Å². The number of rotatable bonds is 5. The summed E-state index contributed by atoms with van der Waals surface area (Å²) in [6.45, 7) is 4.84. The molecular weight excluding hydrogens is 483 g/mol. The fourth-order valence-electron chi connectivity index (χ4n) is 5.58. The van der Waals surface area contributed by atoms with Crippen molar-refractivity contribution in [1.29, 1.82) is 0 Å². The lowest BCUT2D eigenvalue weighted by Gasteiger charge is -2.35. The summed E-state index contributed by atoms with van der Waals surface area (Å²) in [6.07, 6.45) is -0.311. The van der Waals surface area contributed by atoms with Gasteiger partial charge in [0.1, 0.15) is 11.9 Å². The molecule has 1 saturated heterocycles. The normalized spacial score (nSPS) is 22.9. The van der Waals surface area contributed by atoms with Gasteiger partial charge in [-0.3, -0.25) is 4.79 Å². The highest BCUT2D eigenvalue weighted by molar-refractivity contribution is 6.00. The number of halogens is 3. The molecule has 37 heavy (non-hydrogen) atoms. The summed E-state index contributed by atoms with van der Waals surface area (Å²) < 4.78 is 45.2. The Morgan fingerprint density at radius 1 is 1.19 bits per heavy atom. The predicted octanol–water partition coefficient (Wildman–Crippen LogP) is 5.00. The van der Waals surface area contributed by atoms with Gasteiger partial charge in [-0.25, -0.2) is 4.98 Å². The van der Waals surface area contributed by atoms with Gasteiger partial charge >= 0.3 is 6.18 Å². The number of anilines is 4. The zero-order chi connectivity index (χ0) is 26.0. The number of aromatic nitrogens is 1. The maximum Gasteiger partial charge on any atom is 0.403 e. The standard InChI is InChI=1S/C27H34F3N5O2/c1-2-24(27(28,29)30)32-20-7-5-18(6-8-20)26(36)35-17-19-4-3-11-31-25(19)33-22-10-9-21(16-23(22)35)34-12-14-37-15-13-34/h3-4,9-11,16,18,20,24,32H,2,5-8,12-15,17H2,1H3,(H,31,33). The number of alkyl halides is 3. The highest BCUT2D eigenvalue weighted by Crippen LogP contribution is 2.40. The lowest BCUT2D eigenvalue weighted by Crippen LogP contribution is -2.49. The number of fused-ring (bicyclic) bond motifs is 2. The van der Waals surface area contributed by atoms with Gasteiger partial charge in [-0.1, -0.05) is 13.0 Å². The Hall–Kier alpha value is -2.85. The molecule has 1 unspecified atom stereocenters. The number of nitrogens with zero attached hydrogens (tertiary/aromatic N) is 3. The Kier molecular flexibility index (Phi) is 7.57. The minimum Gasteiger partial charge on any atom is -0.378 e. The Bertz CT molecular complexity index is 1100. The molecule has 2 fully saturated rings. The van der Waals surface area contributed by atoms with Crippen LogP contribution in [0.25, 0.3) is 0 Å². The molecule has 1 aromatic heterocycles. The smallest absolute Gasteiger partial charge is 0.378 e. The van der Waals surface area contributed by atoms with Crippen LogP contribution < -0.4 is 20.4 Å². The highest BCUT2D eigenvalue weighted by Gasteiger charge is 2.40. The molecule has 0 radical (unpaired) electrons. The van der Waals surface area contributed by atoms with Crippen LogP contribution in [-0.4, -0.2) is 55.5 Å². The Morgan fingerprint density at radius 2 is 1.95 bits per heavy atom. The average Bonchev–Trinajstić information content (AvgIpc) is 3.08.